The summed E-state index contributed by atoms with van der Waals surface area (Å²) in [6.07, 6.45) is -15.3. The van der Waals surface area contributed by atoms with Gasteiger partial charge in [-0.3, -0.25) is 9.59 Å². The van der Waals surface area contributed by atoms with Gasteiger partial charge in [0.1, 0.15) is 74.6 Å². The Bertz CT molecular complexity index is 1480. The molecule has 21 nitrogen and oxygen atoms in total. The van der Waals surface area contributed by atoms with Crippen LogP contribution in [0.1, 0.15) is 70.6 Å². The Morgan fingerprint density at radius 3 is 1.87 bits per heavy atom. The van der Waals surface area contributed by atoms with Crippen molar-refractivity contribution in [1.82, 2.24) is 0 Å². The third kappa shape index (κ3) is 12.0. The molecule has 0 bridgehead atoms. The van der Waals surface area contributed by atoms with Gasteiger partial charge in [-0.1, -0.05) is 6.08 Å². The van der Waals surface area contributed by atoms with Gasteiger partial charge < -0.3 is 89.0 Å². The van der Waals surface area contributed by atoms with Crippen molar-refractivity contribution in [1.29, 1.82) is 0 Å². The first-order valence-corrected chi connectivity index (χ1v) is 21.2. The summed E-state index contributed by atoms with van der Waals surface area (Å²) in [5, 5.41) is 105. The van der Waals surface area contributed by atoms with Crippen molar-refractivity contribution in [3.05, 3.63) is 12.2 Å². The molecule has 0 aromatic carbocycles. The summed E-state index contributed by atoms with van der Waals surface area (Å²) in [4.78, 5) is 35.5. The lowest BCUT2D eigenvalue weighted by atomic mass is 9.73. The Morgan fingerprint density at radius 1 is 0.656 bits per heavy atom. The first-order chi connectivity index (χ1) is 29.0. The topological polar surface area (TPSA) is 331 Å². The number of carboxylic acid groups (broad SMARTS) is 1. The smallest absolute Gasteiger partial charge is 0.330 e. The minimum atomic E-state index is -1.82. The summed E-state index contributed by atoms with van der Waals surface area (Å²) in [5.41, 5.74) is 0. The van der Waals surface area contributed by atoms with Crippen LogP contribution in [-0.4, -0.2) is 204 Å². The van der Waals surface area contributed by atoms with Gasteiger partial charge in [-0.25, -0.2) is 4.79 Å². The van der Waals surface area contributed by atoms with E-state index in [0.717, 1.165) is 0 Å². The Hall–Kier alpha value is -2.45. The second-order valence-corrected chi connectivity index (χ2v) is 17.3. The highest BCUT2D eigenvalue weighted by Gasteiger charge is 2.56. The summed E-state index contributed by atoms with van der Waals surface area (Å²) in [7, 11) is 1.51. The molecule has 0 aromatic rings. The zero-order valence-corrected chi connectivity index (χ0v) is 34.0. The van der Waals surface area contributed by atoms with E-state index in [0.29, 0.717) is 44.9 Å². The Balaban J connectivity index is 1.14. The highest BCUT2D eigenvalue weighted by Crippen LogP contribution is 2.44. The van der Waals surface area contributed by atoms with E-state index in [4.69, 9.17) is 43.0 Å². The maximum absolute atomic E-state index is 12.7. The third-order valence-electron chi connectivity index (χ3n) is 13.1. The van der Waals surface area contributed by atoms with Gasteiger partial charge in [-0.2, -0.15) is 0 Å². The van der Waals surface area contributed by atoms with Crippen LogP contribution in [0, 0.1) is 17.8 Å². The fraction of sp³-hybridized carbons (Fsp3) is 0.875. The summed E-state index contributed by atoms with van der Waals surface area (Å²) >= 11 is 0. The molecule has 6 aliphatic rings. The van der Waals surface area contributed by atoms with E-state index >= 15 is 0 Å². The van der Waals surface area contributed by atoms with Crippen LogP contribution in [0.5, 0.6) is 0 Å². The number of carbonyl (C=O) groups excluding carboxylic acids is 2. The van der Waals surface area contributed by atoms with Gasteiger partial charge in [0.25, 0.3) is 0 Å². The van der Waals surface area contributed by atoms with E-state index in [1.54, 1.807) is 6.08 Å². The Kier molecular flexibility index (Phi) is 16.9. The van der Waals surface area contributed by atoms with Gasteiger partial charge >= 0.3 is 17.9 Å². The van der Waals surface area contributed by atoms with Crippen LogP contribution in [-0.2, 0) is 47.5 Å². The average molecular weight is 880 g/mol. The number of hydrogen-bond acceptors (Lipinski definition) is 19. The average Bonchev–Trinajstić information content (AvgIpc) is 3.22. The van der Waals surface area contributed by atoms with E-state index in [1.165, 1.54) is 13.2 Å². The predicted octanol–water partition coefficient (Wildman–Crippen LogP) is -3.34. The van der Waals surface area contributed by atoms with Crippen molar-refractivity contribution in [3.63, 3.8) is 0 Å². The molecule has 11 N–H and O–H groups in total. The van der Waals surface area contributed by atoms with E-state index in [2.05, 4.69) is 0 Å². The van der Waals surface area contributed by atoms with E-state index < -0.39 is 148 Å². The monoisotopic (exact) mass is 879 g/mol. The van der Waals surface area contributed by atoms with Crippen LogP contribution < -0.4 is 0 Å². The van der Waals surface area contributed by atoms with Gasteiger partial charge in [0.15, 0.2) is 24.8 Å². The second-order valence-electron chi connectivity index (χ2n) is 17.3. The molecule has 3 aliphatic carbocycles. The number of fused-ring (bicyclic) bond motifs is 1. The molecule has 3 saturated heterocycles. The van der Waals surface area contributed by atoms with Crippen LogP contribution in [0.3, 0.4) is 0 Å². The molecule has 61 heavy (non-hydrogen) atoms. The molecule has 6 rings (SSSR count). The number of carboxylic acids is 1. The maximum Gasteiger partial charge on any atom is 0.330 e. The van der Waals surface area contributed by atoms with Crippen LogP contribution in [0.4, 0.5) is 0 Å². The molecule has 0 radical (unpaired) electrons. The highest BCUT2D eigenvalue weighted by molar-refractivity contribution is 5.90. The predicted molar refractivity (Wildman–Crippen MR) is 202 cm³/mol. The maximum atomic E-state index is 12.7. The molecule has 3 saturated carbocycles. The summed E-state index contributed by atoms with van der Waals surface area (Å²) < 4.78 is 45.2. The standard InChI is InChI=1S/C40H62O21/c1-54-25-10-17(2-8-22(25)43)3-9-30(46)55-15-27-32(48)35(51)37(53)40(61-27)59-26-13-21-23(57-38(26)18-4-6-19(41)7-5-18)11-20(42)12-24(21)58-39-36(52)34(50)33(49)28(60-39)16-56-31(47)14-29(44)45/h3,9,17-28,32-43,48-53H,2,4-8,10-16H2,1H3,(H,44,45)/p+1/t17?,18?,19?,20?,21?,22?,23?,24?,25?,26?,27-,28-,32-,33-,34+,35+,36-,37-,38?,39-,40-/m1/s1. The van der Waals surface area contributed by atoms with Crippen molar-refractivity contribution < 1.29 is 103 Å². The summed E-state index contributed by atoms with van der Waals surface area (Å²) in [6.45, 7) is -1.17. The van der Waals surface area contributed by atoms with Gasteiger partial charge in [-0.05, 0) is 57.3 Å². The van der Waals surface area contributed by atoms with Crippen LogP contribution in [0.2, 0.25) is 0 Å². The molecule has 3 aliphatic heterocycles. The number of aliphatic carboxylic acids is 1. The fourth-order valence-electron chi connectivity index (χ4n) is 9.63. The molecule has 9 unspecified atom stereocenters. The lowest BCUT2D eigenvalue weighted by molar-refractivity contribution is -0.366. The molecular weight excluding hydrogens is 816 g/mol. The normalized spacial score (nSPS) is 45.8. The molecule has 3 heterocycles. The quantitative estimate of drug-likeness (QED) is 0.0353. The number of ether oxygens (including phenoxy) is 8. The number of methoxy groups -OCH3 is 1. The van der Waals surface area contributed by atoms with Crippen molar-refractivity contribution in [3.8, 4) is 0 Å². The van der Waals surface area contributed by atoms with Crippen molar-refractivity contribution in [2.75, 3.05) is 20.3 Å². The fourth-order valence-corrected chi connectivity index (χ4v) is 9.63. The van der Waals surface area contributed by atoms with Gasteiger partial charge in [-0.15, -0.1) is 0 Å². The zero-order chi connectivity index (χ0) is 44.1. The number of hydrogen-bond donors (Lipinski definition) is 10. The van der Waals surface area contributed by atoms with E-state index in [9.17, 15) is 60.3 Å². The SMILES string of the molecule is COC1CC(C=CC(=O)OC[C@H]2O[C@@H](OC3CC4C(O[C@@H]5O[C@H](COC(=O)CC(=O)O)[C@@H](O)[C@H](O)[C@H]5O)CC(O)CC4[OH+]C3C3CCC(O)CC3)[C@H](O)[C@@H](O)[C@@H]2O)CCC1O. The second kappa shape index (κ2) is 21.5. The number of carbonyl (C=O) groups is 3. The van der Waals surface area contributed by atoms with Crippen LogP contribution in [0.15, 0.2) is 12.2 Å². The molecule has 19 atom stereocenters. The molecule has 0 amide bonds. The lowest BCUT2D eigenvalue weighted by Crippen LogP contribution is -2.64. The number of aliphatic hydroxyl groups is 11. The molecule has 0 spiro atoms. The molecular formula is C40H63O21+. The largest absolute Gasteiger partial charge is 0.481 e. The summed E-state index contributed by atoms with van der Waals surface area (Å²) in [5.74, 6) is -3.96. The molecule has 6 fully saturated rings. The third-order valence-corrected chi connectivity index (χ3v) is 13.1. The van der Waals surface area contributed by atoms with Gasteiger partial charge in [0.05, 0.1) is 36.4 Å². The van der Waals surface area contributed by atoms with E-state index in [-0.39, 0.29) is 37.2 Å². The molecule has 0 aromatic heterocycles. The minimum Gasteiger partial charge on any atom is -0.481 e. The van der Waals surface area contributed by atoms with Crippen molar-refractivity contribution >= 4 is 17.9 Å². The number of aliphatic hydroxyl groups excluding tert-OH is 9. The highest BCUT2D eigenvalue weighted by atomic mass is 16.7. The van der Waals surface area contributed by atoms with Gasteiger partial charge in [0, 0.05) is 31.9 Å². The van der Waals surface area contributed by atoms with Gasteiger partial charge in [0.2, 0.25) is 0 Å². The van der Waals surface area contributed by atoms with E-state index in [1.807, 2.05) is 0 Å². The first-order valence-electron chi connectivity index (χ1n) is 21.2. The first kappa shape index (κ1) is 48.0. The summed E-state index contributed by atoms with van der Waals surface area (Å²) in [6, 6.07) is 0. The molecule has 348 valence electrons. The zero-order valence-electron chi connectivity index (χ0n) is 34.0. The Morgan fingerprint density at radius 2 is 1.26 bits per heavy atom. The lowest BCUT2D eigenvalue weighted by Gasteiger charge is -2.50. The number of allylic oxidation sites excluding steroid dienone is 1. The van der Waals surface area contributed by atoms with Crippen LogP contribution in [0.25, 0.3) is 0 Å². The number of rotatable bonds is 14. The Labute approximate surface area is 352 Å². The minimum absolute atomic E-state index is 0.0260. The number of esters is 2. The molecule has 21 heteroatoms. The van der Waals surface area contributed by atoms with Crippen molar-refractivity contribution in [2.24, 2.45) is 17.8 Å². The van der Waals surface area contributed by atoms with Crippen molar-refractivity contribution in [2.45, 2.75) is 181 Å². The van der Waals surface area contributed by atoms with Crippen LogP contribution >= 0.6 is 0 Å².